The van der Waals surface area contributed by atoms with E-state index in [-0.39, 0.29) is 24.0 Å². The number of hydrogen-bond donors (Lipinski definition) is 2. The number of carbonyl (C=O) groups is 2. The van der Waals surface area contributed by atoms with Gasteiger partial charge in [0.15, 0.2) is 5.76 Å². The Morgan fingerprint density at radius 3 is 2.55 bits per heavy atom. The fourth-order valence-electron chi connectivity index (χ4n) is 2.92. The number of aryl methyl sites for hydroxylation is 2. The van der Waals surface area contributed by atoms with Gasteiger partial charge < -0.3 is 19.8 Å². The van der Waals surface area contributed by atoms with Gasteiger partial charge >= 0.3 is 0 Å². The van der Waals surface area contributed by atoms with Gasteiger partial charge in [0.05, 0.1) is 11.9 Å². The molecule has 2 heterocycles. The lowest BCUT2D eigenvalue weighted by molar-refractivity contribution is 0.0940. The standard InChI is InChI=1S/C23H28N4O4/c1-5-16-6-8-17(9-7-16)30-14-18-10-11-20(31-18)22(28)26-19-13-25-27(4)21(19)23(29)24-12-15(2)3/h6-11,13,15H,5,12,14H2,1-4H3,(H,24,29)(H,26,28). The zero-order chi connectivity index (χ0) is 22.4. The maximum Gasteiger partial charge on any atom is 0.291 e. The molecule has 3 rings (SSSR count). The van der Waals surface area contributed by atoms with Crippen LogP contribution in [0.2, 0.25) is 0 Å². The van der Waals surface area contributed by atoms with Crippen molar-refractivity contribution >= 4 is 17.5 Å². The first-order valence-electron chi connectivity index (χ1n) is 10.3. The monoisotopic (exact) mass is 424 g/mol. The molecule has 0 atom stereocenters. The van der Waals surface area contributed by atoms with Crippen molar-refractivity contribution in [3.8, 4) is 5.75 Å². The highest BCUT2D eigenvalue weighted by Gasteiger charge is 2.20. The van der Waals surface area contributed by atoms with Crippen molar-refractivity contribution < 1.29 is 18.7 Å². The Bertz CT molecular complexity index is 1030. The van der Waals surface area contributed by atoms with E-state index in [0.717, 1.165) is 12.2 Å². The van der Waals surface area contributed by atoms with E-state index < -0.39 is 5.91 Å². The van der Waals surface area contributed by atoms with Crippen molar-refractivity contribution in [1.29, 1.82) is 0 Å². The summed E-state index contributed by atoms with van der Waals surface area (Å²) in [6, 6.07) is 11.1. The van der Waals surface area contributed by atoms with Gasteiger partial charge in [0.2, 0.25) is 0 Å². The third-order valence-electron chi connectivity index (χ3n) is 4.67. The Kier molecular flexibility index (Phi) is 7.12. The third kappa shape index (κ3) is 5.75. The van der Waals surface area contributed by atoms with Gasteiger partial charge in [0.25, 0.3) is 11.8 Å². The van der Waals surface area contributed by atoms with Crippen LogP contribution in [-0.4, -0.2) is 28.1 Å². The Balaban J connectivity index is 1.61. The van der Waals surface area contributed by atoms with Gasteiger partial charge in [0.1, 0.15) is 23.8 Å². The first-order chi connectivity index (χ1) is 14.9. The van der Waals surface area contributed by atoms with Crippen molar-refractivity contribution in [2.45, 2.75) is 33.8 Å². The molecule has 0 saturated heterocycles. The number of ether oxygens (including phenoxy) is 1. The van der Waals surface area contributed by atoms with Gasteiger partial charge in [-0.15, -0.1) is 0 Å². The van der Waals surface area contributed by atoms with Gasteiger partial charge in [-0.25, -0.2) is 0 Å². The summed E-state index contributed by atoms with van der Waals surface area (Å²) in [5.74, 6) is 0.912. The van der Waals surface area contributed by atoms with E-state index in [2.05, 4.69) is 22.7 Å². The Morgan fingerprint density at radius 1 is 1.13 bits per heavy atom. The fraction of sp³-hybridized carbons (Fsp3) is 0.348. The molecule has 1 aromatic carbocycles. The Labute approximate surface area is 181 Å². The van der Waals surface area contributed by atoms with Crippen molar-refractivity contribution in [2.75, 3.05) is 11.9 Å². The third-order valence-corrected chi connectivity index (χ3v) is 4.67. The second-order valence-electron chi connectivity index (χ2n) is 7.64. The van der Waals surface area contributed by atoms with E-state index in [1.54, 1.807) is 19.2 Å². The van der Waals surface area contributed by atoms with E-state index >= 15 is 0 Å². The number of nitrogens with zero attached hydrogens (tertiary/aromatic N) is 2. The molecule has 2 N–H and O–H groups in total. The molecule has 0 spiro atoms. The summed E-state index contributed by atoms with van der Waals surface area (Å²) in [6.45, 7) is 6.84. The highest BCUT2D eigenvalue weighted by atomic mass is 16.5. The van der Waals surface area contributed by atoms with Gasteiger partial charge in [-0.3, -0.25) is 14.3 Å². The molecule has 0 unspecified atom stereocenters. The number of aromatic nitrogens is 2. The van der Waals surface area contributed by atoms with E-state index in [0.29, 0.717) is 23.9 Å². The summed E-state index contributed by atoms with van der Waals surface area (Å²) < 4.78 is 12.7. The average Bonchev–Trinajstić information content (AvgIpc) is 3.37. The Hall–Kier alpha value is -3.55. The minimum Gasteiger partial charge on any atom is -0.486 e. The normalized spacial score (nSPS) is 10.9. The van der Waals surface area contributed by atoms with Crippen LogP contribution in [0.15, 0.2) is 47.0 Å². The maximum atomic E-state index is 12.6. The zero-order valence-electron chi connectivity index (χ0n) is 18.3. The second kappa shape index (κ2) is 9.97. The molecule has 2 amide bonds. The number of carbonyl (C=O) groups excluding carboxylic acids is 2. The number of anilines is 1. The quantitative estimate of drug-likeness (QED) is 0.545. The molecule has 164 valence electrons. The molecular formula is C23H28N4O4. The van der Waals surface area contributed by atoms with E-state index in [4.69, 9.17) is 9.15 Å². The highest BCUT2D eigenvalue weighted by molar-refractivity contribution is 6.07. The van der Waals surface area contributed by atoms with Crippen LogP contribution in [0.4, 0.5) is 5.69 Å². The second-order valence-corrected chi connectivity index (χ2v) is 7.64. The summed E-state index contributed by atoms with van der Waals surface area (Å²) in [6.07, 6.45) is 2.41. The smallest absolute Gasteiger partial charge is 0.291 e. The molecule has 0 saturated carbocycles. The molecule has 8 heteroatoms. The van der Waals surface area contributed by atoms with Crippen molar-refractivity contribution in [2.24, 2.45) is 13.0 Å². The summed E-state index contributed by atoms with van der Waals surface area (Å²) in [5, 5.41) is 9.61. The lowest BCUT2D eigenvalue weighted by atomic mass is 10.2. The molecule has 0 aliphatic heterocycles. The molecule has 3 aromatic rings. The molecular weight excluding hydrogens is 396 g/mol. The van der Waals surface area contributed by atoms with Crippen molar-refractivity contribution in [3.63, 3.8) is 0 Å². The van der Waals surface area contributed by atoms with Gasteiger partial charge in [-0.1, -0.05) is 32.9 Å². The largest absolute Gasteiger partial charge is 0.486 e. The minimum atomic E-state index is -0.468. The number of rotatable bonds is 9. The first-order valence-corrected chi connectivity index (χ1v) is 10.3. The molecule has 0 bridgehead atoms. The molecule has 2 aromatic heterocycles. The Morgan fingerprint density at radius 2 is 1.87 bits per heavy atom. The molecule has 8 nitrogen and oxygen atoms in total. The van der Waals surface area contributed by atoms with Gasteiger partial charge in [0, 0.05) is 13.6 Å². The van der Waals surface area contributed by atoms with Crippen LogP contribution in [0, 0.1) is 5.92 Å². The molecule has 31 heavy (non-hydrogen) atoms. The van der Waals surface area contributed by atoms with E-state index in [1.807, 2.05) is 38.1 Å². The predicted octanol–water partition coefficient (Wildman–Crippen LogP) is 3.79. The fourth-order valence-corrected chi connectivity index (χ4v) is 2.92. The van der Waals surface area contributed by atoms with Crippen LogP contribution in [0.5, 0.6) is 5.75 Å². The average molecular weight is 425 g/mol. The van der Waals surface area contributed by atoms with Crippen molar-refractivity contribution in [3.05, 3.63) is 65.4 Å². The number of hydrogen-bond acceptors (Lipinski definition) is 5. The summed E-state index contributed by atoms with van der Waals surface area (Å²) in [5.41, 5.74) is 1.83. The topological polar surface area (TPSA) is 98.4 Å². The van der Waals surface area contributed by atoms with Crippen LogP contribution in [0.25, 0.3) is 0 Å². The van der Waals surface area contributed by atoms with E-state index in [1.165, 1.54) is 16.4 Å². The number of benzene rings is 1. The maximum absolute atomic E-state index is 12.6. The summed E-state index contributed by atoms with van der Waals surface area (Å²) >= 11 is 0. The first kappa shape index (κ1) is 22.1. The van der Waals surface area contributed by atoms with Crippen LogP contribution in [-0.2, 0) is 20.1 Å². The highest BCUT2D eigenvalue weighted by Crippen LogP contribution is 2.18. The van der Waals surface area contributed by atoms with Crippen LogP contribution in [0.3, 0.4) is 0 Å². The number of nitrogens with one attached hydrogen (secondary N) is 2. The lowest BCUT2D eigenvalue weighted by Crippen LogP contribution is -2.30. The summed E-state index contributed by atoms with van der Waals surface area (Å²) in [4.78, 5) is 25.1. The van der Waals surface area contributed by atoms with Crippen LogP contribution in [0.1, 0.15) is 53.1 Å². The minimum absolute atomic E-state index is 0.123. The van der Waals surface area contributed by atoms with Gasteiger partial charge in [-0.05, 0) is 42.2 Å². The van der Waals surface area contributed by atoms with Crippen molar-refractivity contribution in [1.82, 2.24) is 15.1 Å². The number of amides is 2. The zero-order valence-corrected chi connectivity index (χ0v) is 18.3. The van der Waals surface area contributed by atoms with Gasteiger partial charge in [-0.2, -0.15) is 5.10 Å². The lowest BCUT2D eigenvalue weighted by Gasteiger charge is -2.10. The molecule has 0 aliphatic rings. The number of furan rings is 1. The molecule has 0 radical (unpaired) electrons. The van der Waals surface area contributed by atoms with E-state index in [9.17, 15) is 9.59 Å². The molecule has 0 aliphatic carbocycles. The van der Waals surface area contributed by atoms with Crippen LogP contribution < -0.4 is 15.4 Å². The summed E-state index contributed by atoms with van der Waals surface area (Å²) in [7, 11) is 1.65. The SMILES string of the molecule is CCc1ccc(OCc2ccc(C(=O)Nc3cnn(C)c3C(=O)NCC(C)C)o2)cc1. The van der Waals surface area contributed by atoms with Crippen LogP contribution >= 0.6 is 0 Å². The molecule has 0 fully saturated rings. The predicted molar refractivity (Wildman–Crippen MR) is 117 cm³/mol.